The number of benzene rings is 3. The van der Waals surface area contributed by atoms with Crippen LogP contribution < -0.4 is 4.74 Å². The molecule has 0 saturated carbocycles. The van der Waals surface area contributed by atoms with Crippen LogP contribution in [0.5, 0.6) is 5.88 Å². The topological polar surface area (TPSA) is 49.2 Å². The van der Waals surface area contributed by atoms with E-state index < -0.39 is 17.6 Å². The summed E-state index contributed by atoms with van der Waals surface area (Å²) in [6.45, 7) is 1.51. The van der Waals surface area contributed by atoms with Crippen molar-refractivity contribution in [2.45, 2.75) is 44.7 Å². The van der Waals surface area contributed by atoms with E-state index in [2.05, 4.69) is 9.55 Å². The van der Waals surface area contributed by atoms with Crippen LogP contribution in [0, 0.1) is 5.82 Å². The van der Waals surface area contributed by atoms with Crippen LogP contribution in [-0.4, -0.2) is 27.2 Å². The van der Waals surface area contributed by atoms with Crippen molar-refractivity contribution in [3.63, 3.8) is 0 Å². The normalized spacial score (nSPS) is 15.5. The summed E-state index contributed by atoms with van der Waals surface area (Å²) in [5.74, 6) is 0.677. The molecule has 6 rings (SSSR count). The summed E-state index contributed by atoms with van der Waals surface area (Å²) in [5.41, 5.74) is 3.27. The molecule has 1 fully saturated rings. The lowest BCUT2D eigenvalue weighted by atomic mass is 10.1. The van der Waals surface area contributed by atoms with E-state index in [1.807, 2.05) is 30.3 Å². The van der Waals surface area contributed by atoms with E-state index in [9.17, 15) is 13.2 Å². The Morgan fingerprint density at radius 2 is 1.71 bits per heavy atom. The van der Waals surface area contributed by atoms with Gasteiger partial charge in [-0.2, -0.15) is 13.2 Å². The number of rotatable bonds is 8. The smallest absolute Gasteiger partial charge is 0.416 e. The van der Waals surface area contributed by atoms with Gasteiger partial charge in [-0.3, -0.25) is 0 Å². The maximum atomic E-state index is 15.4. The molecule has 5 nitrogen and oxygen atoms in total. The highest BCUT2D eigenvalue weighted by atomic mass is 19.4. The van der Waals surface area contributed by atoms with Crippen molar-refractivity contribution in [2.75, 3.05) is 6.61 Å². The SMILES string of the molecule is Fc1cc(Cc2nc3ccccc3n2CC2CCCO2)ccc1-c1cccc(OCc2ccc(C(F)(F)F)cc2)n1. The summed E-state index contributed by atoms with van der Waals surface area (Å²) >= 11 is 0. The minimum absolute atomic E-state index is 0.0307. The Balaban J connectivity index is 1.18. The van der Waals surface area contributed by atoms with Crippen LogP contribution in [0.15, 0.2) is 84.9 Å². The molecule has 0 N–H and O–H groups in total. The number of fused-ring (bicyclic) bond motifs is 1. The monoisotopic (exact) mass is 561 g/mol. The lowest BCUT2D eigenvalue weighted by Gasteiger charge is -2.14. The largest absolute Gasteiger partial charge is 0.473 e. The number of nitrogens with zero attached hydrogens (tertiary/aromatic N) is 3. The second kappa shape index (κ2) is 11.3. The third kappa shape index (κ3) is 6.10. The van der Waals surface area contributed by atoms with E-state index in [-0.39, 0.29) is 18.6 Å². The molecule has 0 radical (unpaired) electrons. The van der Waals surface area contributed by atoms with E-state index in [1.54, 1.807) is 24.3 Å². The molecule has 0 aliphatic carbocycles. The Morgan fingerprint density at radius 1 is 0.902 bits per heavy atom. The standard InChI is InChI=1S/C32H27F4N3O2/c33-26-17-22(18-30-37-28-6-1-2-8-29(28)39(30)19-24-5-4-16-40-24)12-15-25(26)27-7-3-9-31(38-27)41-20-21-10-13-23(14-11-21)32(34,35)36/h1-3,6-15,17,24H,4-5,16,18-20H2. The van der Waals surface area contributed by atoms with Gasteiger partial charge in [0.1, 0.15) is 18.2 Å². The van der Waals surface area contributed by atoms with Crippen molar-refractivity contribution in [2.24, 2.45) is 0 Å². The molecule has 1 atom stereocenters. The highest BCUT2D eigenvalue weighted by molar-refractivity contribution is 5.76. The van der Waals surface area contributed by atoms with Crippen molar-refractivity contribution in [1.29, 1.82) is 0 Å². The number of ether oxygens (including phenoxy) is 2. The van der Waals surface area contributed by atoms with Gasteiger partial charge in [0.2, 0.25) is 5.88 Å². The van der Waals surface area contributed by atoms with Gasteiger partial charge in [-0.15, -0.1) is 0 Å². The van der Waals surface area contributed by atoms with E-state index >= 15 is 4.39 Å². The summed E-state index contributed by atoms with van der Waals surface area (Å²) in [6.07, 6.45) is -1.73. The van der Waals surface area contributed by atoms with Gasteiger partial charge in [0.15, 0.2) is 0 Å². The van der Waals surface area contributed by atoms with E-state index in [0.29, 0.717) is 29.8 Å². The average molecular weight is 562 g/mol. The molecule has 1 unspecified atom stereocenters. The lowest BCUT2D eigenvalue weighted by molar-refractivity contribution is -0.137. The Hall–Kier alpha value is -4.24. The Labute approximate surface area is 234 Å². The molecule has 1 aliphatic rings. The van der Waals surface area contributed by atoms with Crippen molar-refractivity contribution < 1.29 is 27.0 Å². The van der Waals surface area contributed by atoms with Crippen molar-refractivity contribution in [1.82, 2.24) is 14.5 Å². The quantitative estimate of drug-likeness (QED) is 0.183. The minimum Gasteiger partial charge on any atom is -0.473 e. The van der Waals surface area contributed by atoms with Crippen LogP contribution in [0.1, 0.15) is 35.4 Å². The third-order valence-electron chi connectivity index (χ3n) is 7.21. The number of alkyl halides is 3. The van der Waals surface area contributed by atoms with E-state index in [1.165, 1.54) is 18.2 Å². The van der Waals surface area contributed by atoms with Gasteiger partial charge < -0.3 is 14.0 Å². The van der Waals surface area contributed by atoms with Gasteiger partial charge in [-0.1, -0.05) is 36.4 Å². The first-order chi connectivity index (χ1) is 19.8. The molecule has 0 spiro atoms. The van der Waals surface area contributed by atoms with Crippen LogP contribution in [0.4, 0.5) is 17.6 Å². The molecule has 2 aromatic heterocycles. The fraction of sp³-hybridized carbons (Fsp3) is 0.250. The number of imidazole rings is 1. The molecule has 1 aliphatic heterocycles. The Morgan fingerprint density at radius 3 is 2.46 bits per heavy atom. The van der Waals surface area contributed by atoms with Gasteiger partial charge in [0, 0.05) is 24.7 Å². The summed E-state index contributed by atoms with van der Waals surface area (Å²) in [5, 5.41) is 0. The molecule has 3 aromatic carbocycles. The summed E-state index contributed by atoms with van der Waals surface area (Å²) < 4.78 is 67.5. The predicted molar refractivity (Wildman–Crippen MR) is 147 cm³/mol. The van der Waals surface area contributed by atoms with Crippen molar-refractivity contribution in [3.8, 4) is 17.1 Å². The van der Waals surface area contributed by atoms with Gasteiger partial charge in [-0.25, -0.2) is 14.4 Å². The first-order valence-electron chi connectivity index (χ1n) is 13.4. The number of pyridine rings is 1. The van der Waals surface area contributed by atoms with Crippen LogP contribution in [0.25, 0.3) is 22.3 Å². The zero-order valence-corrected chi connectivity index (χ0v) is 22.1. The van der Waals surface area contributed by atoms with Crippen LogP contribution in [0.3, 0.4) is 0 Å². The molecular formula is C32H27F4N3O2. The number of aromatic nitrogens is 3. The Bertz CT molecular complexity index is 1660. The zero-order chi connectivity index (χ0) is 28.4. The fourth-order valence-corrected chi connectivity index (χ4v) is 5.11. The average Bonchev–Trinajstić information content (AvgIpc) is 3.60. The van der Waals surface area contributed by atoms with Gasteiger partial charge in [-0.05, 0) is 66.4 Å². The molecule has 5 aromatic rings. The lowest BCUT2D eigenvalue weighted by Crippen LogP contribution is -2.17. The molecular weight excluding hydrogens is 534 g/mol. The maximum Gasteiger partial charge on any atom is 0.416 e. The van der Waals surface area contributed by atoms with Crippen LogP contribution >= 0.6 is 0 Å². The molecule has 9 heteroatoms. The van der Waals surface area contributed by atoms with Crippen molar-refractivity contribution >= 4 is 11.0 Å². The molecule has 0 bridgehead atoms. The molecule has 1 saturated heterocycles. The van der Waals surface area contributed by atoms with Gasteiger partial charge >= 0.3 is 6.18 Å². The fourth-order valence-electron chi connectivity index (χ4n) is 5.11. The van der Waals surface area contributed by atoms with Crippen LogP contribution in [0.2, 0.25) is 0 Å². The molecule has 0 amide bonds. The summed E-state index contributed by atoms with van der Waals surface area (Å²) in [6, 6.07) is 22.8. The van der Waals surface area contributed by atoms with E-state index in [4.69, 9.17) is 14.5 Å². The number of halogens is 4. The molecule has 210 valence electrons. The first-order valence-corrected chi connectivity index (χ1v) is 13.4. The minimum atomic E-state index is -4.39. The predicted octanol–water partition coefficient (Wildman–Crippen LogP) is 7.61. The van der Waals surface area contributed by atoms with Crippen molar-refractivity contribution in [3.05, 3.63) is 113 Å². The highest BCUT2D eigenvalue weighted by Gasteiger charge is 2.30. The first kappa shape index (κ1) is 27.0. The Kier molecular flexibility index (Phi) is 7.45. The number of hydrogen-bond donors (Lipinski definition) is 0. The molecule has 3 heterocycles. The van der Waals surface area contributed by atoms with Gasteiger partial charge in [0.25, 0.3) is 0 Å². The third-order valence-corrected chi connectivity index (χ3v) is 7.21. The highest BCUT2D eigenvalue weighted by Crippen LogP contribution is 2.30. The second-order valence-electron chi connectivity index (χ2n) is 10.1. The summed E-state index contributed by atoms with van der Waals surface area (Å²) in [4.78, 5) is 9.25. The number of hydrogen-bond acceptors (Lipinski definition) is 4. The van der Waals surface area contributed by atoms with E-state index in [0.717, 1.165) is 54.0 Å². The summed E-state index contributed by atoms with van der Waals surface area (Å²) in [7, 11) is 0. The van der Waals surface area contributed by atoms with Gasteiger partial charge in [0.05, 0.1) is 34.9 Å². The van der Waals surface area contributed by atoms with Crippen LogP contribution in [-0.2, 0) is 30.5 Å². The second-order valence-corrected chi connectivity index (χ2v) is 10.1. The zero-order valence-electron chi connectivity index (χ0n) is 22.1. The maximum absolute atomic E-state index is 15.4. The number of para-hydroxylation sites is 2. The molecule has 41 heavy (non-hydrogen) atoms.